The predicted molar refractivity (Wildman–Crippen MR) is 69.6 cm³/mol. The van der Waals surface area contributed by atoms with E-state index in [1.807, 2.05) is 19.1 Å². The van der Waals surface area contributed by atoms with Crippen LogP contribution in [0.4, 0.5) is 0 Å². The van der Waals surface area contributed by atoms with Crippen molar-refractivity contribution in [2.24, 2.45) is 5.73 Å². The van der Waals surface area contributed by atoms with Crippen LogP contribution in [0.5, 0.6) is 0 Å². The smallest absolute Gasteiger partial charge is 0.0277 e. The first-order valence-corrected chi connectivity index (χ1v) is 6.16. The van der Waals surface area contributed by atoms with Crippen LogP contribution in [0.25, 0.3) is 0 Å². The zero-order valence-electron chi connectivity index (χ0n) is 9.26. The van der Waals surface area contributed by atoms with Gasteiger partial charge in [-0.3, -0.25) is 0 Å². The molecule has 0 aliphatic rings. The summed E-state index contributed by atoms with van der Waals surface area (Å²) in [5.74, 6) is 0. The number of benzene rings is 2. The van der Waals surface area contributed by atoms with Crippen LogP contribution in [0.1, 0.15) is 18.5 Å². The second-order valence-electron chi connectivity index (χ2n) is 3.74. The van der Waals surface area contributed by atoms with Gasteiger partial charge in [-0.1, -0.05) is 48.2 Å². The third-order valence-corrected chi connectivity index (χ3v) is 3.48. The molecule has 0 unspecified atom stereocenters. The van der Waals surface area contributed by atoms with Crippen molar-refractivity contribution >= 4 is 11.8 Å². The van der Waals surface area contributed by atoms with E-state index < -0.39 is 0 Å². The molecule has 0 fully saturated rings. The van der Waals surface area contributed by atoms with Crippen molar-refractivity contribution in [2.45, 2.75) is 22.8 Å². The quantitative estimate of drug-likeness (QED) is 0.865. The topological polar surface area (TPSA) is 26.0 Å². The van der Waals surface area contributed by atoms with Crippen molar-refractivity contribution in [3.8, 4) is 0 Å². The first-order chi connectivity index (χ1) is 7.77. The Bertz CT molecular complexity index is 451. The molecular weight excluding hydrogens is 214 g/mol. The van der Waals surface area contributed by atoms with Crippen molar-refractivity contribution in [1.29, 1.82) is 0 Å². The Labute approximate surface area is 101 Å². The Hall–Kier alpha value is -1.25. The Morgan fingerprint density at radius 1 is 0.938 bits per heavy atom. The van der Waals surface area contributed by atoms with Gasteiger partial charge in [0.2, 0.25) is 0 Å². The number of hydrogen-bond donors (Lipinski definition) is 1. The molecule has 2 rings (SSSR count). The number of hydrogen-bond acceptors (Lipinski definition) is 2. The van der Waals surface area contributed by atoms with Gasteiger partial charge in [0.25, 0.3) is 0 Å². The van der Waals surface area contributed by atoms with Gasteiger partial charge in [0.15, 0.2) is 0 Å². The van der Waals surface area contributed by atoms with Crippen molar-refractivity contribution < 1.29 is 0 Å². The molecule has 16 heavy (non-hydrogen) atoms. The van der Waals surface area contributed by atoms with Crippen molar-refractivity contribution in [3.63, 3.8) is 0 Å². The molecule has 0 heterocycles. The van der Waals surface area contributed by atoms with E-state index in [0.717, 1.165) is 0 Å². The number of rotatable bonds is 3. The summed E-state index contributed by atoms with van der Waals surface area (Å²) in [6.07, 6.45) is 0. The van der Waals surface area contributed by atoms with Crippen LogP contribution in [0.3, 0.4) is 0 Å². The highest BCUT2D eigenvalue weighted by Gasteiger charge is 2.06. The van der Waals surface area contributed by atoms with Gasteiger partial charge in [0.05, 0.1) is 0 Å². The summed E-state index contributed by atoms with van der Waals surface area (Å²) in [6.45, 7) is 2.02. The van der Waals surface area contributed by atoms with Gasteiger partial charge in [0, 0.05) is 15.8 Å². The molecule has 0 aliphatic heterocycles. The van der Waals surface area contributed by atoms with Gasteiger partial charge in [-0.05, 0) is 30.7 Å². The molecule has 2 N–H and O–H groups in total. The third kappa shape index (κ3) is 2.65. The molecule has 0 amide bonds. The molecule has 2 aromatic rings. The second kappa shape index (κ2) is 5.19. The van der Waals surface area contributed by atoms with Gasteiger partial charge in [0.1, 0.15) is 0 Å². The van der Waals surface area contributed by atoms with Crippen molar-refractivity contribution in [2.75, 3.05) is 0 Å². The summed E-state index contributed by atoms with van der Waals surface area (Å²) in [4.78, 5) is 2.49. The fourth-order valence-corrected chi connectivity index (χ4v) is 2.63. The van der Waals surface area contributed by atoms with Gasteiger partial charge in [-0.15, -0.1) is 0 Å². The Morgan fingerprint density at radius 3 is 2.25 bits per heavy atom. The Kier molecular flexibility index (Phi) is 3.65. The zero-order valence-corrected chi connectivity index (χ0v) is 10.1. The summed E-state index contributed by atoms with van der Waals surface area (Å²) in [7, 11) is 0. The molecule has 0 aromatic heterocycles. The largest absolute Gasteiger partial charge is 0.324 e. The minimum absolute atomic E-state index is 0.0763. The molecule has 0 bridgehead atoms. The van der Waals surface area contributed by atoms with Crippen molar-refractivity contribution in [1.82, 2.24) is 0 Å². The van der Waals surface area contributed by atoms with Gasteiger partial charge < -0.3 is 5.73 Å². The standard InChI is InChI=1S/C14H15NS/c1-11(15)13-9-5-6-10-14(13)16-12-7-3-2-4-8-12/h2-11H,15H2,1H3/t11-/m1/s1. The first kappa shape index (κ1) is 11.2. The molecule has 0 aliphatic carbocycles. The van der Waals surface area contributed by atoms with Gasteiger partial charge in [-0.25, -0.2) is 0 Å². The maximum Gasteiger partial charge on any atom is 0.0277 e. The second-order valence-corrected chi connectivity index (χ2v) is 4.86. The van der Waals surface area contributed by atoms with E-state index in [1.165, 1.54) is 15.4 Å². The van der Waals surface area contributed by atoms with E-state index >= 15 is 0 Å². The average Bonchev–Trinajstić information content (AvgIpc) is 2.31. The molecule has 82 valence electrons. The van der Waals surface area contributed by atoms with Gasteiger partial charge >= 0.3 is 0 Å². The molecule has 2 aromatic carbocycles. The highest BCUT2D eigenvalue weighted by Crippen LogP contribution is 2.32. The summed E-state index contributed by atoms with van der Waals surface area (Å²) < 4.78 is 0. The SMILES string of the molecule is C[C@@H](N)c1ccccc1Sc1ccccc1. The van der Waals surface area contributed by atoms with E-state index in [0.29, 0.717) is 0 Å². The van der Waals surface area contributed by atoms with E-state index in [4.69, 9.17) is 5.73 Å². The predicted octanol–water partition coefficient (Wildman–Crippen LogP) is 3.86. The van der Waals surface area contributed by atoms with Crippen LogP contribution in [-0.2, 0) is 0 Å². The van der Waals surface area contributed by atoms with Crippen LogP contribution in [-0.4, -0.2) is 0 Å². The molecule has 1 atom stereocenters. The Morgan fingerprint density at radius 2 is 1.56 bits per heavy atom. The van der Waals surface area contributed by atoms with Crippen LogP contribution in [0.2, 0.25) is 0 Å². The summed E-state index contributed by atoms with van der Waals surface area (Å²) >= 11 is 1.76. The third-order valence-electron chi connectivity index (χ3n) is 2.38. The van der Waals surface area contributed by atoms with E-state index in [-0.39, 0.29) is 6.04 Å². The molecule has 0 saturated carbocycles. The van der Waals surface area contributed by atoms with Crippen molar-refractivity contribution in [3.05, 3.63) is 60.2 Å². The lowest BCUT2D eigenvalue weighted by Gasteiger charge is -2.11. The fraction of sp³-hybridized carbons (Fsp3) is 0.143. The maximum atomic E-state index is 5.95. The minimum Gasteiger partial charge on any atom is -0.324 e. The first-order valence-electron chi connectivity index (χ1n) is 5.35. The maximum absolute atomic E-state index is 5.95. The van der Waals surface area contributed by atoms with E-state index in [9.17, 15) is 0 Å². The summed E-state index contributed by atoms with van der Waals surface area (Å²) in [5, 5.41) is 0. The lowest BCUT2D eigenvalue weighted by molar-refractivity contribution is 0.797. The molecular formula is C14H15NS. The van der Waals surface area contributed by atoms with Crippen LogP contribution < -0.4 is 5.73 Å². The van der Waals surface area contributed by atoms with Crippen LogP contribution >= 0.6 is 11.8 Å². The number of nitrogens with two attached hydrogens (primary N) is 1. The average molecular weight is 229 g/mol. The summed E-state index contributed by atoms with van der Waals surface area (Å²) in [5.41, 5.74) is 7.16. The highest BCUT2D eigenvalue weighted by molar-refractivity contribution is 7.99. The molecule has 0 radical (unpaired) electrons. The van der Waals surface area contributed by atoms with Crippen LogP contribution in [0, 0.1) is 0 Å². The monoisotopic (exact) mass is 229 g/mol. The Balaban J connectivity index is 2.28. The fourth-order valence-electron chi connectivity index (χ4n) is 1.57. The lowest BCUT2D eigenvalue weighted by atomic mass is 10.1. The van der Waals surface area contributed by atoms with E-state index in [2.05, 4.69) is 42.5 Å². The summed E-state index contributed by atoms with van der Waals surface area (Å²) in [6, 6.07) is 18.7. The molecule has 0 spiro atoms. The van der Waals surface area contributed by atoms with Crippen LogP contribution in [0.15, 0.2) is 64.4 Å². The minimum atomic E-state index is 0.0763. The zero-order chi connectivity index (χ0) is 11.4. The molecule has 0 saturated heterocycles. The highest BCUT2D eigenvalue weighted by atomic mass is 32.2. The molecule has 2 heteroatoms. The molecule has 1 nitrogen and oxygen atoms in total. The van der Waals surface area contributed by atoms with Gasteiger partial charge in [-0.2, -0.15) is 0 Å². The lowest BCUT2D eigenvalue weighted by Crippen LogP contribution is -2.05. The van der Waals surface area contributed by atoms with E-state index in [1.54, 1.807) is 11.8 Å². The normalized spacial score (nSPS) is 12.4.